The van der Waals surface area contributed by atoms with E-state index in [9.17, 15) is 0 Å². The van der Waals surface area contributed by atoms with Crippen molar-refractivity contribution in [2.75, 3.05) is 0 Å². The lowest BCUT2D eigenvalue weighted by Gasteiger charge is -2.26. The van der Waals surface area contributed by atoms with Gasteiger partial charge in [-0.15, -0.1) is 0 Å². The maximum atomic E-state index is 6.11. The van der Waals surface area contributed by atoms with Crippen LogP contribution < -0.4 is 5.32 Å². The summed E-state index contributed by atoms with van der Waals surface area (Å²) < 4.78 is 0. The second-order valence-corrected chi connectivity index (χ2v) is 5.57. The van der Waals surface area contributed by atoms with E-state index in [0.717, 1.165) is 23.6 Å². The maximum Gasteiger partial charge on any atom is 0.0465 e. The van der Waals surface area contributed by atoms with Crippen LogP contribution in [0, 0.1) is 0 Å². The van der Waals surface area contributed by atoms with Crippen LogP contribution in [0.15, 0.2) is 18.2 Å². The van der Waals surface area contributed by atoms with Crippen molar-refractivity contribution in [3.8, 4) is 0 Å². The lowest BCUT2D eigenvalue weighted by molar-refractivity contribution is 0.357. The molecule has 1 aromatic rings. The average molecular weight is 260 g/mol. The molecule has 0 unspecified atom stereocenters. The van der Waals surface area contributed by atoms with Gasteiger partial charge in [-0.1, -0.05) is 42.6 Å². The van der Waals surface area contributed by atoms with E-state index in [0.29, 0.717) is 5.02 Å². The summed E-state index contributed by atoms with van der Waals surface area (Å²) >= 11 is 12.0. The first-order valence-corrected chi connectivity index (χ1v) is 6.39. The summed E-state index contributed by atoms with van der Waals surface area (Å²) in [6.45, 7) is 7.39. The zero-order valence-electron chi connectivity index (χ0n) is 10.1. The molecule has 0 radical (unpaired) electrons. The molecular weight excluding hydrogens is 241 g/mol. The van der Waals surface area contributed by atoms with Gasteiger partial charge in [0, 0.05) is 22.1 Å². The summed E-state index contributed by atoms with van der Waals surface area (Å²) in [5.74, 6) is 0. The minimum Gasteiger partial charge on any atom is -0.308 e. The smallest absolute Gasteiger partial charge is 0.0465 e. The van der Waals surface area contributed by atoms with E-state index in [-0.39, 0.29) is 5.54 Å². The molecule has 0 heterocycles. The molecule has 0 aliphatic heterocycles. The standard InChI is InChI=1S/C13H19Cl2N/c1-4-7-13(2,3)16-9-10-5-6-11(14)8-12(10)15/h5-6,8,16H,4,7,9H2,1-3H3. The number of hydrogen-bond acceptors (Lipinski definition) is 1. The van der Waals surface area contributed by atoms with Gasteiger partial charge in [-0.3, -0.25) is 0 Å². The molecule has 0 bridgehead atoms. The number of rotatable bonds is 5. The van der Waals surface area contributed by atoms with Crippen molar-refractivity contribution < 1.29 is 0 Å². The molecule has 0 aliphatic rings. The molecule has 1 N–H and O–H groups in total. The Kier molecular flexibility index (Phi) is 5.10. The lowest BCUT2D eigenvalue weighted by Crippen LogP contribution is -2.38. The molecule has 0 atom stereocenters. The Morgan fingerprint density at radius 2 is 1.94 bits per heavy atom. The molecule has 3 heteroatoms. The molecule has 90 valence electrons. The third kappa shape index (κ3) is 4.32. The molecule has 0 spiro atoms. The molecular formula is C13H19Cl2N. The van der Waals surface area contributed by atoms with E-state index < -0.39 is 0 Å². The van der Waals surface area contributed by atoms with E-state index in [1.54, 1.807) is 6.07 Å². The largest absolute Gasteiger partial charge is 0.308 e. The van der Waals surface area contributed by atoms with Gasteiger partial charge in [-0.25, -0.2) is 0 Å². The maximum absolute atomic E-state index is 6.11. The van der Waals surface area contributed by atoms with E-state index in [4.69, 9.17) is 23.2 Å². The Balaban J connectivity index is 2.61. The van der Waals surface area contributed by atoms with Crippen molar-refractivity contribution >= 4 is 23.2 Å². The molecule has 0 amide bonds. The minimum absolute atomic E-state index is 0.151. The van der Waals surface area contributed by atoms with Gasteiger partial charge >= 0.3 is 0 Å². The van der Waals surface area contributed by atoms with E-state index >= 15 is 0 Å². The number of halogens is 2. The fourth-order valence-corrected chi connectivity index (χ4v) is 2.19. The number of hydrogen-bond donors (Lipinski definition) is 1. The Labute approximate surface area is 108 Å². The van der Waals surface area contributed by atoms with Crippen LogP contribution in [0.25, 0.3) is 0 Å². The van der Waals surface area contributed by atoms with Crippen molar-refractivity contribution in [1.82, 2.24) is 5.32 Å². The molecule has 1 nitrogen and oxygen atoms in total. The summed E-state index contributed by atoms with van der Waals surface area (Å²) in [4.78, 5) is 0. The van der Waals surface area contributed by atoms with Crippen molar-refractivity contribution in [2.45, 2.75) is 45.7 Å². The quantitative estimate of drug-likeness (QED) is 0.811. The zero-order valence-corrected chi connectivity index (χ0v) is 11.6. The predicted octanol–water partition coefficient (Wildman–Crippen LogP) is 4.66. The van der Waals surface area contributed by atoms with Crippen molar-refractivity contribution in [3.63, 3.8) is 0 Å². The number of nitrogens with one attached hydrogen (secondary N) is 1. The Bertz CT molecular complexity index is 348. The van der Waals surface area contributed by atoms with Gasteiger partial charge in [0.25, 0.3) is 0 Å². The lowest BCUT2D eigenvalue weighted by atomic mass is 9.98. The van der Waals surface area contributed by atoms with Gasteiger partial charge in [0.1, 0.15) is 0 Å². The molecule has 0 aliphatic carbocycles. The summed E-state index contributed by atoms with van der Waals surface area (Å²) in [6.07, 6.45) is 2.33. The monoisotopic (exact) mass is 259 g/mol. The second kappa shape index (κ2) is 5.90. The molecule has 1 rings (SSSR count). The first-order valence-electron chi connectivity index (χ1n) is 5.63. The molecule has 0 saturated heterocycles. The zero-order chi connectivity index (χ0) is 12.2. The highest BCUT2D eigenvalue weighted by molar-refractivity contribution is 6.35. The third-order valence-corrected chi connectivity index (χ3v) is 3.23. The van der Waals surface area contributed by atoms with Crippen LogP contribution in [0.3, 0.4) is 0 Å². The number of benzene rings is 1. The van der Waals surface area contributed by atoms with Gasteiger partial charge < -0.3 is 5.32 Å². The van der Waals surface area contributed by atoms with Crippen molar-refractivity contribution in [2.24, 2.45) is 0 Å². The SMILES string of the molecule is CCCC(C)(C)NCc1ccc(Cl)cc1Cl. The fraction of sp³-hybridized carbons (Fsp3) is 0.538. The van der Waals surface area contributed by atoms with Gasteiger partial charge in [0.05, 0.1) is 0 Å². The first-order chi connectivity index (χ1) is 7.44. The summed E-state index contributed by atoms with van der Waals surface area (Å²) in [5.41, 5.74) is 1.24. The molecule has 0 aromatic heterocycles. The Morgan fingerprint density at radius 1 is 1.25 bits per heavy atom. The normalized spacial score (nSPS) is 11.8. The van der Waals surface area contributed by atoms with Crippen LogP contribution in [0.5, 0.6) is 0 Å². The van der Waals surface area contributed by atoms with Crippen LogP contribution >= 0.6 is 23.2 Å². The van der Waals surface area contributed by atoms with Crippen LogP contribution in [-0.4, -0.2) is 5.54 Å². The summed E-state index contributed by atoms with van der Waals surface area (Å²) in [7, 11) is 0. The molecule has 1 aromatic carbocycles. The minimum atomic E-state index is 0.151. The van der Waals surface area contributed by atoms with Gasteiger partial charge in [-0.2, -0.15) is 0 Å². The predicted molar refractivity (Wildman–Crippen MR) is 72.3 cm³/mol. The van der Waals surface area contributed by atoms with E-state index in [1.807, 2.05) is 12.1 Å². The van der Waals surface area contributed by atoms with Crippen molar-refractivity contribution in [1.29, 1.82) is 0 Å². The highest BCUT2D eigenvalue weighted by Crippen LogP contribution is 2.22. The first kappa shape index (κ1) is 13.8. The van der Waals surface area contributed by atoms with Crippen LogP contribution in [-0.2, 0) is 6.54 Å². The Morgan fingerprint density at radius 3 is 2.50 bits per heavy atom. The fourth-order valence-electron chi connectivity index (χ4n) is 1.71. The highest BCUT2D eigenvalue weighted by atomic mass is 35.5. The highest BCUT2D eigenvalue weighted by Gasteiger charge is 2.15. The molecule has 0 saturated carbocycles. The van der Waals surface area contributed by atoms with E-state index in [1.165, 1.54) is 6.42 Å². The van der Waals surface area contributed by atoms with E-state index in [2.05, 4.69) is 26.1 Å². The Hall–Kier alpha value is -0.240. The molecule has 0 fully saturated rings. The second-order valence-electron chi connectivity index (χ2n) is 4.72. The molecule has 16 heavy (non-hydrogen) atoms. The van der Waals surface area contributed by atoms with Crippen LogP contribution in [0.1, 0.15) is 39.2 Å². The third-order valence-electron chi connectivity index (χ3n) is 2.65. The van der Waals surface area contributed by atoms with Crippen molar-refractivity contribution in [3.05, 3.63) is 33.8 Å². The van der Waals surface area contributed by atoms with Crippen LogP contribution in [0.2, 0.25) is 10.0 Å². The summed E-state index contributed by atoms with van der Waals surface area (Å²) in [6, 6.07) is 5.63. The van der Waals surface area contributed by atoms with Crippen LogP contribution in [0.4, 0.5) is 0 Å². The summed E-state index contributed by atoms with van der Waals surface area (Å²) in [5, 5.41) is 4.92. The van der Waals surface area contributed by atoms with Gasteiger partial charge in [0.15, 0.2) is 0 Å². The average Bonchev–Trinajstić information content (AvgIpc) is 2.16. The topological polar surface area (TPSA) is 12.0 Å². The van der Waals surface area contributed by atoms with Gasteiger partial charge in [0.2, 0.25) is 0 Å². The van der Waals surface area contributed by atoms with Gasteiger partial charge in [-0.05, 0) is 38.0 Å².